The third-order valence-corrected chi connectivity index (χ3v) is 1.96. The van der Waals surface area contributed by atoms with Gasteiger partial charge in [-0.05, 0) is 13.5 Å². The molecule has 0 aliphatic carbocycles. The van der Waals surface area contributed by atoms with E-state index < -0.39 is 0 Å². The molecule has 0 bridgehead atoms. The fraction of sp³-hybridized carbons (Fsp3) is 0.667. The molecule has 0 spiro atoms. The standard InChI is InChI=1S/C9H16N2O/c1-4-8-7(6-10-3)9(5-2)12-11-8/h10H,4-6H2,1-3H3. The number of nitrogens with zero attached hydrogens (tertiary/aromatic N) is 1. The van der Waals surface area contributed by atoms with Gasteiger partial charge in [0.25, 0.3) is 0 Å². The van der Waals surface area contributed by atoms with Gasteiger partial charge in [0.1, 0.15) is 5.76 Å². The van der Waals surface area contributed by atoms with E-state index in [9.17, 15) is 0 Å². The molecule has 0 aromatic carbocycles. The second-order valence-corrected chi connectivity index (χ2v) is 2.77. The summed E-state index contributed by atoms with van der Waals surface area (Å²) in [4.78, 5) is 0. The maximum Gasteiger partial charge on any atom is 0.141 e. The molecule has 0 saturated heterocycles. The van der Waals surface area contributed by atoms with Crippen LogP contribution in [0.15, 0.2) is 4.52 Å². The maximum absolute atomic E-state index is 5.20. The predicted molar refractivity (Wildman–Crippen MR) is 48.0 cm³/mol. The highest BCUT2D eigenvalue weighted by Gasteiger charge is 2.11. The molecule has 0 unspecified atom stereocenters. The Morgan fingerprint density at radius 3 is 2.58 bits per heavy atom. The lowest BCUT2D eigenvalue weighted by Crippen LogP contribution is -2.08. The van der Waals surface area contributed by atoms with Crippen LogP contribution in [-0.2, 0) is 19.4 Å². The van der Waals surface area contributed by atoms with Crippen LogP contribution in [0.3, 0.4) is 0 Å². The number of aromatic nitrogens is 1. The minimum atomic E-state index is 0.857. The molecule has 68 valence electrons. The van der Waals surface area contributed by atoms with E-state index in [1.807, 2.05) is 7.05 Å². The monoisotopic (exact) mass is 168 g/mol. The molecule has 0 atom stereocenters. The summed E-state index contributed by atoms with van der Waals surface area (Å²) in [6.45, 7) is 5.03. The van der Waals surface area contributed by atoms with Gasteiger partial charge in [-0.25, -0.2) is 0 Å². The van der Waals surface area contributed by atoms with Gasteiger partial charge in [0.2, 0.25) is 0 Å². The Bertz CT molecular complexity index is 221. The number of hydrogen-bond acceptors (Lipinski definition) is 3. The van der Waals surface area contributed by atoms with Gasteiger partial charge in [-0.2, -0.15) is 0 Å². The van der Waals surface area contributed by atoms with Gasteiger partial charge in [0.05, 0.1) is 5.69 Å². The highest BCUT2D eigenvalue weighted by atomic mass is 16.5. The molecule has 1 rings (SSSR count). The molecule has 1 aromatic rings. The Morgan fingerprint density at radius 2 is 2.08 bits per heavy atom. The van der Waals surface area contributed by atoms with Crippen molar-refractivity contribution in [2.24, 2.45) is 0 Å². The zero-order chi connectivity index (χ0) is 8.97. The smallest absolute Gasteiger partial charge is 0.141 e. The summed E-state index contributed by atoms with van der Waals surface area (Å²) in [6, 6.07) is 0. The van der Waals surface area contributed by atoms with Gasteiger partial charge in [0.15, 0.2) is 0 Å². The Hall–Kier alpha value is -0.830. The topological polar surface area (TPSA) is 38.1 Å². The van der Waals surface area contributed by atoms with E-state index in [0.717, 1.165) is 30.8 Å². The zero-order valence-electron chi connectivity index (χ0n) is 7.98. The largest absolute Gasteiger partial charge is 0.361 e. The van der Waals surface area contributed by atoms with E-state index in [1.54, 1.807) is 0 Å². The SMILES string of the molecule is CCc1noc(CC)c1CNC. The van der Waals surface area contributed by atoms with Crippen molar-refractivity contribution >= 4 is 0 Å². The first-order valence-electron chi connectivity index (χ1n) is 4.44. The number of aryl methyl sites for hydroxylation is 2. The van der Waals surface area contributed by atoms with E-state index in [-0.39, 0.29) is 0 Å². The summed E-state index contributed by atoms with van der Waals surface area (Å²) in [7, 11) is 1.94. The Balaban J connectivity index is 2.90. The lowest BCUT2D eigenvalue weighted by atomic mass is 10.1. The average Bonchev–Trinajstić information content (AvgIpc) is 2.48. The van der Waals surface area contributed by atoms with Crippen LogP contribution in [0.2, 0.25) is 0 Å². The van der Waals surface area contributed by atoms with Crippen LogP contribution >= 0.6 is 0 Å². The minimum Gasteiger partial charge on any atom is -0.361 e. The highest BCUT2D eigenvalue weighted by molar-refractivity contribution is 5.22. The third kappa shape index (κ3) is 1.67. The van der Waals surface area contributed by atoms with E-state index in [2.05, 4.69) is 24.3 Å². The van der Waals surface area contributed by atoms with Crippen LogP contribution in [0.25, 0.3) is 0 Å². The zero-order valence-corrected chi connectivity index (χ0v) is 7.98. The normalized spacial score (nSPS) is 10.6. The molecule has 1 aromatic heterocycles. The van der Waals surface area contributed by atoms with Crippen molar-refractivity contribution in [1.29, 1.82) is 0 Å². The van der Waals surface area contributed by atoms with Crippen molar-refractivity contribution in [3.63, 3.8) is 0 Å². The summed E-state index contributed by atoms with van der Waals surface area (Å²) < 4.78 is 5.20. The molecule has 1 heterocycles. The van der Waals surface area contributed by atoms with Crippen molar-refractivity contribution in [3.8, 4) is 0 Å². The lowest BCUT2D eigenvalue weighted by Gasteiger charge is -1.99. The maximum atomic E-state index is 5.20. The first-order valence-corrected chi connectivity index (χ1v) is 4.44. The fourth-order valence-corrected chi connectivity index (χ4v) is 1.31. The van der Waals surface area contributed by atoms with Crippen molar-refractivity contribution < 1.29 is 4.52 Å². The van der Waals surface area contributed by atoms with Crippen LogP contribution in [0.4, 0.5) is 0 Å². The molecule has 0 amide bonds. The lowest BCUT2D eigenvalue weighted by molar-refractivity contribution is 0.380. The summed E-state index contributed by atoms with van der Waals surface area (Å²) in [5.74, 6) is 1.02. The second-order valence-electron chi connectivity index (χ2n) is 2.77. The molecule has 3 nitrogen and oxygen atoms in total. The number of nitrogens with one attached hydrogen (secondary N) is 1. The molecule has 0 radical (unpaired) electrons. The molecule has 0 aliphatic rings. The van der Waals surface area contributed by atoms with Crippen LogP contribution in [0, 0.1) is 0 Å². The molecule has 3 heteroatoms. The van der Waals surface area contributed by atoms with Crippen molar-refractivity contribution in [2.75, 3.05) is 7.05 Å². The quantitative estimate of drug-likeness (QED) is 0.740. The molecule has 0 fully saturated rings. The Morgan fingerprint density at radius 1 is 1.33 bits per heavy atom. The first-order chi connectivity index (χ1) is 5.83. The van der Waals surface area contributed by atoms with Crippen LogP contribution in [0.1, 0.15) is 30.9 Å². The van der Waals surface area contributed by atoms with Gasteiger partial charge < -0.3 is 9.84 Å². The molecule has 1 N–H and O–H groups in total. The van der Waals surface area contributed by atoms with Crippen molar-refractivity contribution in [1.82, 2.24) is 10.5 Å². The van der Waals surface area contributed by atoms with E-state index in [0.29, 0.717) is 0 Å². The Labute approximate surface area is 73.1 Å². The van der Waals surface area contributed by atoms with Gasteiger partial charge >= 0.3 is 0 Å². The van der Waals surface area contributed by atoms with Crippen LogP contribution < -0.4 is 5.32 Å². The number of rotatable bonds is 4. The predicted octanol–water partition coefficient (Wildman–Crippen LogP) is 1.52. The second kappa shape index (κ2) is 4.26. The van der Waals surface area contributed by atoms with E-state index in [1.165, 1.54) is 5.56 Å². The van der Waals surface area contributed by atoms with Gasteiger partial charge in [0, 0.05) is 18.5 Å². The van der Waals surface area contributed by atoms with Crippen LogP contribution in [-0.4, -0.2) is 12.2 Å². The summed E-state index contributed by atoms with van der Waals surface area (Å²) in [5.41, 5.74) is 2.32. The summed E-state index contributed by atoms with van der Waals surface area (Å²) in [5, 5.41) is 7.13. The van der Waals surface area contributed by atoms with Gasteiger partial charge in [-0.3, -0.25) is 0 Å². The molecule has 0 aliphatic heterocycles. The Kier molecular flexibility index (Phi) is 3.29. The third-order valence-electron chi connectivity index (χ3n) is 1.96. The molecular weight excluding hydrogens is 152 g/mol. The van der Waals surface area contributed by atoms with Gasteiger partial charge in [-0.15, -0.1) is 0 Å². The molecular formula is C9H16N2O. The number of hydrogen-bond donors (Lipinski definition) is 1. The fourth-order valence-electron chi connectivity index (χ4n) is 1.31. The van der Waals surface area contributed by atoms with Crippen molar-refractivity contribution in [2.45, 2.75) is 33.2 Å². The van der Waals surface area contributed by atoms with Gasteiger partial charge in [-0.1, -0.05) is 19.0 Å². The van der Waals surface area contributed by atoms with E-state index >= 15 is 0 Å². The molecule has 12 heavy (non-hydrogen) atoms. The summed E-state index contributed by atoms with van der Waals surface area (Å²) in [6.07, 6.45) is 1.87. The first kappa shape index (κ1) is 9.26. The summed E-state index contributed by atoms with van der Waals surface area (Å²) >= 11 is 0. The van der Waals surface area contributed by atoms with Crippen molar-refractivity contribution in [3.05, 3.63) is 17.0 Å². The minimum absolute atomic E-state index is 0.857. The molecule has 0 saturated carbocycles. The average molecular weight is 168 g/mol. The van der Waals surface area contributed by atoms with E-state index in [4.69, 9.17) is 4.52 Å². The van der Waals surface area contributed by atoms with Crippen LogP contribution in [0.5, 0.6) is 0 Å². The highest BCUT2D eigenvalue weighted by Crippen LogP contribution is 2.14.